The van der Waals surface area contributed by atoms with Crippen molar-refractivity contribution in [2.24, 2.45) is 0 Å². The van der Waals surface area contributed by atoms with Gasteiger partial charge in [-0.3, -0.25) is 4.79 Å². The molecule has 0 aliphatic heterocycles. The van der Waals surface area contributed by atoms with Gasteiger partial charge in [0.25, 0.3) is 0 Å². The number of carbonyl (C=O) groups excluding carboxylic acids is 1. The van der Waals surface area contributed by atoms with E-state index in [2.05, 4.69) is 27.8 Å². The number of rotatable bonds is 6. The number of ether oxygens (including phenoxy) is 1. The van der Waals surface area contributed by atoms with Crippen molar-refractivity contribution >= 4 is 21.8 Å². The molecule has 0 aliphatic carbocycles. The maximum absolute atomic E-state index is 11.7. The quantitative estimate of drug-likeness (QED) is 0.751. The average Bonchev–Trinajstić information content (AvgIpc) is 2.56. The molecule has 120 valence electrons. The molecule has 0 bridgehead atoms. The molecule has 0 heterocycles. The van der Waals surface area contributed by atoms with Gasteiger partial charge >= 0.3 is 0 Å². The van der Waals surface area contributed by atoms with Crippen molar-refractivity contribution in [3.8, 4) is 5.75 Å². The summed E-state index contributed by atoms with van der Waals surface area (Å²) in [5.74, 6) is 0.685. The number of carbonyl (C=O) groups is 1. The molecule has 3 nitrogen and oxygen atoms in total. The molecular formula is C19H20BrNO2. The number of methoxy groups -OCH3 is 1. The van der Waals surface area contributed by atoms with Crippen LogP contribution in [-0.4, -0.2) is 13.0 Å². The molecule has 0 radical (unpaired) electrons. The van der Waals surface area contributed by atoms with Crippen molar-refractivity contribution in [2.75, 3.05) is 7.11 Å². The van der Waals surface area contributed by atoms with Crippen LogP contribution in [0, 0.1) is 0 Å². The Bertz CT molecular complexity index is 665. The van der Waals surface area contributed by atoms with Gasteiger partial charge in [0.1, 0.15) is 5.75 Å². The van der Waals surface area contributed by atoms with E-state index in [4.69, 9.17) is 4.74 Å². The molecule has 0 fully saturated rings. The van der Waals surface area contributed by atoms with Gasteiger partial charge in [0.05, 0.1) is 13.2 Å². The summed E-state index contributed by atoms with van der Waals surface area (Å²) in [5.41, 5.74) is 2.10. The lowest BCUT2D eigenvalue weighted by molar-refractivity contribution is -0.119. The van der Waals surface area contributed by atoms with Gasteiger partial charge < -0.3 is 10.1 Å². The Labute approximate surface area is 145 Å². The van der Waals surface area contributed by atoms with Gasteiger partial charge in [0.15, 0.2) is 0 Å². The molecule has 2 aromatic rings. The number of benzene rings is 2. The van der Waals surface area contributed by atoms with Crippen LogP contribution in [0.2, 0.25) is 0 Å². The zero-order valence-electron chi connectivity index (χ0n) is 13.3. The van der Waals surface area contributed by atoms with E-state index in [0.717, 1.165) is 21.3 Å². The van der Waals surface area contributed by atoms with Gasteiger partial charge in [-0.15, -0.1) is 6.58 Å². The van der Waals surface area contributed by atoms with E-state index in [1.165, 1.54) is 6.92 Å². The highest BCUT2D eigenvalue weighted by molar-refractivity contribution is 9.10. The van der Waals surface area contributed by atoms with Crippen LogP contribution in [0.5, 0.6) is 5.75 Å². The predicted molar refractivity (Wildman–Crippen MR) is 96.6 cm³/mol. The molecule has 0 saturated carbocycles. The summed E-state index contributed by atoms with van der Waals surface area (Å²) in [6.07, 6.45) is 1.87. The summed E-state index contributed by atoms with van der Waals surface area (Å²) >= 11 is 3.45. The summed E-state index contributed by atoms with van der Waals surface area (Å²) in [6.45, 7) is 5.49. The summed E-state index contributed by atoms with van der Waals surface area (Å²) < 4.78 is 6.22. The van der Waals surface area contributed by atoms with Crippen molar-refractivity contribution in [3.05, 3.63) is 76.8 Å². The first-order chi connectivity index (χ1) is 11.0. The maximum atomic E-state index is 11.7. The van der Waals surface area contributed by atoms with E-state index in [1.807, 2.05) is 54.6 Å². The number of hydrogen-bond acceptors (Lipinski definition) is 2. The summed E-state index contributed by atoms with van der Waals surface area (Å²) in [5, 5.41) is 3.04. The number of amides is 1. The normalized spacial score (nSPS) is 13.0. The second kappa shape index (κ2) is 7.97. The Morgan fingerprint density at radius 1 is 1.13 bits per heavy atom. The van der Waals surface area contributed by atoms with E-state index in [-0.39, 0.29) is 17.9 Å². The third kappa shape index (κ3) is 4.45. The fraction of sp³-hybridized carbons (Fsp3) is 0.211. The van der Waals surface area contributed by atoms with Gasteiger partial charge in [0, 0.05) is 17.3 Å². The van der Waals surface area contributed by atoms with Crippen LogP contribution >= 0.6 is 15.9 Å². The first kappa shape index (κ1) is 17.3. The van der Waals surface area contributed by atoms with Crippen LogP contribution in [-0.2, 0) is 4.79 Å². The molecule has 0 saturated heterocycles. The highest BCUT2D eigenvalue weighted by Crippen LogP contribution is 2.33. The number of nitrogens with one attached hydrogen (secondary N) is 1. The molecule has 1 N–H and O–H groups in total. The molecule has 0 aliphatic rings. The molecule has 4 heteroatoms. The monoisotopic (exact) mass is 373 g/mol. The van der Waals surface area contributed by atoms with Crippen molar-refractivity contribution < 1.29 is 9.53 Å². The number of hydrogen-bond donors (Lipinski definition) is 1. The Morgan fingerprint density at radius 2 is 1.70 bits per heavy atom. The first-order valence-electron chi connectivity index (χ1n) is 7.34. The predicted octanol–water partition coefficient (Wildman–Crippen LogP) is 4.60. The lowest BCUT2D eigenvalue weighted by Crippen LogP contribution is -2.30. The summed E-state index contributed by atoms with van der Waals surface area (Å²) in [4.78, 5) is 11.7. The third-order valence-corrected chi connectivity index (χ3v) is 4.23. The lowest BCUT2D eigenvalue weighted by atomic mass is 9.87. The van der Waals surface area contributed by atoms with E-state index in [9.17, 15) is 4.79 Å². The van der Waals surface area contributed by atoms with Gasteiger partial charge in [-0.1, -0.05) is 46.3 Å². The molecule has 0 spiro atoms. The number of halogens is 1. The van der Waals surface area contributed by atoms with E-state index in [0.29, 0.717) is 0 Å². The van der Waals surface area contributed by atoms with Crippen molar-refractivity contribution in [1.29, 1.82) is 0 Å². The van der Waals surface area contributed by atoms with Crippen LogP contribution in [0.25, 0.3) is 0 Å². The molecular weight excluding hydrogens is 354 g/mol. The van der Waals surface area contributed by atoms with E-state index in [1.54, 1.807) is 7.11 Å². The van der Waals surface area contributed by atoms with Crippen molar-refractivity contribution in [3.63, 3.8) is 0 Å². The Balaban J connectivity index is 2.39. The van der Waals surface area contributed by atoms with E-state index >= 15 is 0 Å². The first-order valence-corrected chi connectivity index (χ1v) is 8.13. The zero-order valence-corrected chi connectivity index (χ0v) is 14.8. The standard InChI is InChI=1S/C19H20BrNO2/c1-4-18(14-5-9-16(20)10-6-14)19(21-13(2)22)15-7-11-17(23-3)12-8-15/h4-12,18-19H,1H2,2-3H3,(H,21,22)/t18-,19+/m1/s1. The third-order valence-electron chi connectivity index (χ3n) is 3.70. The zero-order chi connectivity index (χ0) is 16.8. The highest BCUT2D eigenvalue weighted by atomic mass is 79.9. The van der Waals surface area contributed by atoms with Crippen molar-refractivity contribution in [1.82, 2.24) is 5.32 Å². The largest absolute Gasteiger partial charge is 0.497 e. The lowest BCUT2D eigenvalue weighted by Gasteiger charge is -2.26. The average molecular weight is 374 g/mol. The molecule has 2 rings (SSSR count). The Hall–Kier alpha value is -2.07. The minimum Gasteiger partial charge on any atom is -0.497 e. The van der Waals surface area contributed by atoms with Crippen LogP contribution in [0.3, 0.4) is 0 Å². The van der Waals surface area contributed by atoms with E-state index < -0.39 is 0 Å². The maximum Gasteiger partial charge on any atom is 0.217 e. The molecule has 2 atom stereocenters. The minimum atomic E-state index is -0.183. The topological polar surface area (TPSA) is 38.3 Å². The molecule has 0 aromatic heterocycles. The molecule has 23 heavy (non-hydrogen) atoms. The molecule has 1 amide bonds. The summed E-state index contributed by atoms with van der Waals surface area (Å²) in [7, 11) is 1.63. The van der Waals surface area contributed by atoms with Crippen LogP contribution in [0.15, 0.2) is 65.7 Å². The van der Waals surface area contributed by atoms with Crippen LogP contribution in [0.1, 0.15) is 30.0 Å². The Morgan fingerprint density at radius 3 is 2.17 bits per heavy atom. The van der Waals surface area contributed by atoms with Gasteiger partial charge in [-0.25, -0.2) is 0 Å². The fourth-order valence-electron chi connectivity index (χ4n) is 2.56. The fourth-order valence-corrected chi connectivity index (χ4v) is 2.82. The minimum absolute atomic E-state index is 0.0274. The summed E-state index contributed by atoms with van der Waals surface area (Å²) in [6, 6.07) is 15.6. The van der Waals surface area contributed by atoms with Gasteiger partial charge in [-0.2, -0.15) is 0 Å². The van der Waals surface area contributed by atoms with Crippen molar-refractivity contribution in [2.45, 2.75) is 18.9 Å². The Kier molecular flexibility index (Phi) is 5.99. The SMILES string of the molecule is C=C[C@H](c1ccc(Br)cc1)[C@@H](NC(C)=O)c1ccc(OC)cc1. The second-order valence-corrected chi connectivity index (χ2v) is 6.18. The molecule has 0 unspecified atom stereocenters. The van der Waals surface area contributed by atoms with Crippen LogP contribution in [0.4, 0.5) is 0 Å². The molecule has 2 aromatic carbocycles. The second-order valence-electron chi connectivity index (χ2n) is 5.26. The smallest absolute Gasteiger partial charge is 0.217 e. The van der Waals surface area contributed by atoms with Gasteiger partial charge in [-0.05, 0) is 35.4 Å². The van der Waals surface area contributed by atoms with Gasteiger partial charge in [0.2, 0.25) is 5.91 Å². The van der Waals surface area contributed by atoms with Crippen LogP contribution < -0.4 is 10.1 Å². The highest BCUT2D eigenvalue weighted by Gasteiger charge is 2.23.